The fraction of sp³-hybridized carbons (Fsp3) is 0.385. The summed E-state index contributed by atoms with van der Waals surface area (Å²) in [5.74, 6) is 0.631. The van der Waals surface area contributed by atoms with Crippen molar-refractivity contribution in [3.05, 3.63) is 30.1 Å². The summed E-state index contributed by atoms with van der Waals surface area (Å²) in [6.07, 6.45) is -3.10. The number of imidazole rings is 1. The number of aliphatic imine (C=N–C) groups is 1. The summed E-state index contributed by atoms with van der Waals surface area (Å²) in [5.41, 5.74) is 1.72. The van der Waals surface area contributed by atoms with Crippen LogP contribution in [0.2, 0.25) is 0 Å². The molecule has 0 bridgehead atoms. The van der Waals surface area contributed by atoms with Crippen LogP contribution in [0.1, 0.15) is 5.82 Å². The van der Waals surface area contributed by atoms with Crippen molar-refractivity contribution in [1.82, 2.24) is 9.97 Å². The average Bonchev–Trinajstić information content (AvgIpc) is 2.88. The van der Waals surface area contributed by atoms with E-state index in [2.05, 4.69) is 15.0 Å². The van der Waals surface area contributed by atoms with Gasteiger partial charge in [0.15, 0.2) is 0 Å². The van der Waals surface area contributed by atoms with Crippen LogP contribution < -0.4 is 0 Å². The minimum absolute atomic E-state index is 0.216. The van der Waals surface area contributed by atoms with Gasteiger partial charge in [0.2, 0.25) is 0 Å². The van der Waals surface area contributed by atoms with Crippen molar-refractivity contribution in [2.75, 3.05) is 6.61 Å². The number of nitrogens with one attached hydrogen (secondary N) is 1. The second kappa shape index (κ2) is 6.58. The molecular formula is C13H17N3O4. The van der Waals surface area contributed by atoms with E-state index >= 15 is 0 Å². The summed E-state index contributed by atoms with van der Waals surface area (Å²) in [5, 5.41) is 36.8. The summed E-state index contributed by atoms with van der Waals surface area (Å²) < 4.78 is 0. The highest BCUT2D eigenvalue weighted by Crippen LogP contribution is 2.10. The zero-order valence-corrected chi connectivity index (χ0v) is 10.7. The Kier molecular flexibility index (Phi) is 4.80. The van der Waals surface area contributed by atoms with E-state index in [4.69, 9.17) is 10.2 Å². The van der Waals surface area contributed by atoms with Gasteiger partial charge in [-0.25, -0.2) is 4.98 Å². The topological polar surface area (TPSA) is 122 Å². The molecule has 0 saturated heterocycles. The highest BCUT2D eigenvalue weighted by Gasteiger charge is 2.22. The number of benzene rings is 1. The molecule has 1 aromatic heterocycles. The molecule has 1 heterocycles. The number of para-hydroxylation sites is 2. The van der Waals surface area contributed by atoms with E-state index < -0.39 is 24.9 Å². The van der Waals surface area contributed by atoms with Crippen LogP contribution in [0.3, 0.4) is 0 Å². The SMILES string of the molecule is OC[C@H](O)[C@H](O)[C@@H](O)C=NCc1nc2ccccc2[nH]1. The van der Waals surface area contributed by atoms with Crippen LogP contribution in [0.5, 0.6) is 0 Å². The lowest BCUT2D eigenvalue weighted by molar-refractivity contribution is -0.0541. The molecule has 0 aliphatic heterocycles. The summed E-state index contributed by atoms with van der Waals surface area (Å²) in [4.78, 5) is 11.3. The Hall–Kier alpha value is -1.80. The maximum atomic E-state index is 9.54. The van der Waals surface area contributed by atoms with Crippen LogP contribution in [0.4, 0.5) is 0 Å². The van der Waals surface area contributed by atoms with Crippen LogP contribution in [-0.4, -0.2) is 61.5 Å². The minimum atomic E-state index is -1.47. The van der Waals surface area contributed by atoms with Crippen LogP contribution in [0.25, 0.3) is 11.0 Å². The Morgan fingerprint density at radius 1 is 1.25 bits per heavy atom. The molecule has 0 saturated carbocycles. The molecule has 0 amide bonds. The Balaban J connectivity index is 1.95. The molecule has 0 fully saturated rings. The van der Waals surface area contributed by atoms with Gasteiger partial charge in [-0.1, -0.05) is 12.1 Å². The van der Waals surface area contributed by atoms with Crippen molar-refractivity contribution in [3.63, 3.8) is 0 Å². The second-order valence-corrected chi connectivity index (χ2v) is 4.42. The van der Waals surface area contributed by atoms with Gasteiger partial charge in [-0.2, -0.15) is 0 Å². The number of rotatable bonds is 6. The molecule has 0 aliphatic carbocycles. The number of hydrogen-bond acceptors (Lipinski definition) is 6. The zero-order chi connectivity index (χ0) is 14.5. The van der Waals surface area contributed by atoms with E-state index in [-0.39, 0.29) is 6.54 Å². The van der Waals surface area contributed by atoms with E-state index in [1.165, 1.54) is 0 Å². The van der Waals surface area contributed by atoms with Crippen molar-refractivity contribution >= 4 is 17.2 Å². The van der Waals surface area contributed by atoms with Gasteiger partial charge in [0.1, 0.15) is 24.1 Å². The minimum Gasteiger partial charge on any atom is -0.394 e. The van der Waals surface area contributed by atoms with Gasteiger partial charge in [-0.15, -0.1) is 0 Å². The highest BCUT2D eigenvalue weighted by atomic mass is 16.4. The molecule has 7 heteroatoms. The second-order valence-electron chi connectivity index (χ2n) is 4.42. The first-order valence-corrected chi connectivity index (χ1v) is 6.20. The van der Waals surface area contributed by atoms with Crippen molar-refractivity contribution < 1.29 is 20.4 Å². The Bertz CT molecular complexity index is 551. The van der Waals surface area contributed by atoms with E-state index in [9.17, 15) is 10.2 Å². The summed E-state index contributed by atoms with van der Waals surface area (Å²) in [6, 6.07) is 7.54. The monoisotopic (exact) mass is 279 g/mol. The van der Waals surface area contributed by atoms with Gasteiger partial charge in [-0.3, -0.25) is 4.99 Å². The van der Waals surface area contributed by atoms with E-state index in [0.717, 1.165) is 17.2 Å². The molecule has 0 aliphatic rings. The lowest BCUT2D eigenvalue weighted by Gasteiger charge is -2.17. The smallest absolute Gasteiger partial charge is 0.128 e. The Morgan fingerprint density at radius 3 is 2.70 bits per heavy atom. The van der Waals surface area contributed by atoms with Crippen LogP contribution in [0.15, 0.2) is 29.3 Å². The van der Waals surface area contributed by atoms with Gasteiger partial charge in [0.05, 0.1) is 24.2 Å². The molecule has 108 valence electrons. The highest BCUT2D eigenvalue weighted by molar-refractivity contribution is 5.74. The molecule has 0 unspecified atom stereocenters. The van der Waals surface area contributed by atoms with Gasteiger partial charge in [-0.05, 0) is 12.1 Å². The third-order valence-electron chi connectivity index (χ3n) is 2.87. The molecule has 20 heavy (non-hydrogen) atoms. The van der Waals surface area contributed by atoms with Crippen molar-refractivity contribution in [2.45, 2.75) is 24.9 Å². The van der Waals surface area contributed by atoms with Crippen molar-refractivity contribution in [1.29, 1.82) is 0 Å². The predicted molar refractivity (Wildman–Crippen MR) is 73.4 cm³/mol. The van der Waals surface area contributed by atoms with Crippen molar-refractivity contribution in [2.24, 2.45) is 4.99 Å². The number of hydrogen-bond donors (Lipinski definition) is 5. The average molecular weight is 279 g/mol. The van der Waals surface area contributed by atoms with Crippen LogP contribution >= 0.6 is 0 Å². The fourth-order valence-electron chi connectivity index (χ4n) is 1.75. The number of aromatic nitrogens is 2. The van der Waals surface area contributed by atoms with E-state index in [0.29, 0.717) is 5.82 Å². The predicted octanol–water partition coefficient (Wildman–Crippen LogP) is -0.791. The third kappa shape index (κ3) is 3.40. The van der Waals surface area contributed by atoms with Crippen LogP contribution in [0, 0.1) is 0 Å². The number of nitrogens with zero attached hydrogens (tertiary/aromatic N) is 2. The standard InChI is InChI=1S/C13H17N3O4/c17-7-11(19)13(20)10(18)5-14-6-12-15-8-3-1-2-4-9(8)16-12/h1-5,10-11,13,17-20H,6-7H2,(H,15,16)/t10-,11-,13+/m0/s1. The molecular weight excluding hydrogens is 262 g/mol. The van der Waals surface area contributed by atoms with Gasteiger partial charge in [0, 0.05) is 6.21 Å². The quantitative estimate of drug-likeness (QED) is 0.443. The molecule has 2 rings (SSSR count). The first-order chi connectivity index (χ1) is 9.61. The lowest BCUT2D eigenvalue weighted by Crippen LogP contribution is -2.40. The number of fused-ring (bicyclic) bond motifs is 1. The summed E-state index contributed by atoms with van der Waals surface area (Å²) in [7, 11) is 0. The number of aliphatic hydroxyl groups is 4. The van der Waals surface area contributed by atoms with Gasteiger partial charge >= 0.3 is 0 Å². The zero-order valence-electron chi connectivity index (χ0n) is 10.7. The maximum absolute atomic E-state index is 9.54. The number of aromatic amines is 1. The first-order valence-electron chi connectivity index (χ1n) is 6.20. The maximum Gasteiger partial charge on any atom is 0.128 e. The third-order valence-corrected chi connectivity index (χ3v) is 2.87. The summed E-state index contributed by atoms with van der Waals surface area (Å²) in [6.45, 7) is -0.413. The van der Waals surface area contributed by atoms with E-state index in [1.54, 1.807) is 0 Å². The Morgan fingerprint density at radius 2 is 2.00 bits per heavy atom. The number of H-pyrrole nitrogens is 1. The van der Waals surface area contributed by atoms with Crippen molar-refractivity contribution in [3.8, 4) is 0 Å². The lowest BCUT2D eigenvalue weighted by atomic mass is 10.1. The Labute approximate surface area is 115 Å². The van der Waals surface area contributed by atoms with Gasteiger partial charge < -0.3 is 25.4 Å². The molecule has 3 atom stereocenters. The number of aliphatic hydroxyl groups excluding tert-OH is 4. The largest absolute Gasteiger partial charge is 0.394 e. The molecule has 1 aromatic carbocycles. The molecule has 0 radical (unpaired) electrons. The molecule has 5 N–H and O–H groups in total. The fourth-order valence-corrected chi connectivity index (χ4v) is 1.75. The molecule has 7 nitrogen and oxygen atoms in total. The summed E-state index contributed by atoms with van der Waals surface area (Å²) >= 11 is 0. The molecule has 0 spiro atoms. The normalized spacial score (nSPS) is 16.6. The van der Waals surface area contributed by atoms with Crippen LogP contribution in [-0.2, 0) is 6.54 Å². The van der Waals surface area contributed by atoms with E-state index in [1.807, 2.05) is 24.3 Å². The first kappa shape index (κ1) is 14.6. The van der Waals surface area contributed by atoms with Gasteiger partial charge in [0.25, 0.3) is 0 Å². The molecule has 2 aromatic rings.